The third kappa shape index (κ3) is 3.61. The highest BCUT2D eigenvalue weighted by atomic mass is 32.1. The van der Waals surface area contributed by atoms with Crippen LogP contribution >= 0.6 is 11.3 Å². The minimum atomic E-state index is -0.0807. The number of aromatic nitrogens is 1. The van der Waals surface area contributed by atoms with Gasteiger partial charge in [-0.1, -0.05) is 32.0 Å². The van der Waals surface area contributed by atoms with Crippen LogP contribution in [0.15, 0.2) is 24.3 Å². The highest BCUT2D eigenvalue weighted by Crippen LogP contribution is 2.24. The van der Waals surface area contributed by atoms with Crippen molar-refractivity contribution in [3.05, 3.63) is 45.4 Å². The molecule has 112 valence electrons. The minimum Gasteiger partial charge on any atom is -0.496 e. The minimum absolute atomic E-state index is 0.0807. The Labute approximate surface area is 129 Å². The first-order chi connectivity index (χ1) is 10.0. The van der Waals surface area contributed by atoms with Crippen LogP contribution in [0.5, 0.6) is 5.75 Å². The Morgan fingerprint density at radius 2 is 2.10 bits per heavy atom. The summed E-state index contributed by atoms with van der Waals surface area (Å²) < 4.78 is 5.28. The van der Waals surface area contributed by atoms with E-state index < -0.39 is 0 Å². The third-order valence-electron chi connectivity index (χ3n) is 3.15. The van der Waals surface area contributed by atoms with Gasteiger partial charge < -0.3 is 10.1 Å². The molecule has 0 aliphatic rings. The van der Waals surface area contributed by atoms with E-state index in [1.165, 1.54) is 11.3 Å². The van der Waals surface area contributed by atoms with Crippen molar-refractivity contribution >= 4 is 17.2 Å². The van der Waals surface area contributed by atoms with Crippen LogP contribution in [0.1, 0.15) is 45.7 Å². The number of carbonyl (C=O) groups excluding carboxylic acids is 1. The van der Waals surface area contributed by atoms with E-state index in [2.05, 4.69) is 24.1 Å². The van der Waals surface area contributed by atoms with Gasteiger partial charge in [0.1, 0.15) is 10.6 Å². The molecule has 0 atom stereocenters. The summed E-state index contributed by atoms with van der Waals surface area (Å²) >= 11 is 1.47. The third-order valence-corrected chi connectivity index (χ3v) is 4.60. The molecule has 1 aromatic carbocycles. The maximum atomic E-state index is 12.3. The first-order valence-electron chi connectivity index (χ1n) is 6.90. The van der Waals surface area contributed by atoms with Gasteiger partial charge in [0.15, 0.2) is 0 Å². The maximum Gasteiger partial charge on any atom is 0.263 e. The summed E-state index contributed by atoms with van der Waals surface area (Å²) in [5.41, 5.74) is 1.75. The lowest BCUT2D eigenvalue weighted by Gasteiger charge is -2.09. The van der Waals surface area contributed by atoms with E-state index in [1.54, 1.807) is 7.11 Å². The Bertz CT molecular complexity index is 635. The normalized spacial score (nSPS) is 10.7. The molecular formula is C16H20N2O2S. The van der Waals surface area contributed by atoms with Crippen molar-refractivity contribution in [3.8, 4) is 5.75 Å². The van der Waals surface area contributed by atoms with Gasteiger partial charge >= 0.3 is 0 Å². The van der Waals surface area contributed by atoms with E-state index in [-0.39, 0.29) is 5.91 Å². The summed E-state index contributed by atoms with van der Waals surface area (Å²) in [6.07, 6.45) is 0. The fraction of sp³-hybridized carbons (Fsp3) is 0.375. The number of ether oxygens (including phenoxy) is 1. The molecule has 2 aromatic rings. The van der Waals surface area contributed by atoms with Crippen molar-refractivity contribution in [2.45, 2.75) is 33.2 Å². The highest BCUT2D eigenvalue weighted by Gasteiger charge is 2.16. The number of para-hydroxylation sites is 1. The lowest BCUT2D eigenvalue weighted by Crippen LogP contribution is -2.22. The van der Waals surface area contributed by atoms with Crippen molar-refractivity contribution in [1.29, 1.82) is 0 Å². The van der Waals surface area contributed by atoms with Gasteiger partial charge in [0, 0.05) is 18.0 Å². The lowest BCUT2D eigenvalue weighted by atomic mass is 10.2. The van der Waals surface area contributed by atoms with Gasteiger partial charge in [0.2, 0.25) is 0 Å². The standard InChI is InChI=1S/C16H20N2O2S/c1-10(2)16-18-11(3)14(21-16)15(19)17-9-12-7-5-6-8-13(12)20-4/h5-8,10H,9H2,1-4H3,(H,17,19). The molecule has 0 radical (unpaired) electrons. The predicted molar refractivity (Wildman–Crippen MR) is 85.1 cm³/mol. The van der Waals surface area contributed by atoms with Gasteiger partial charge in [-0.15, -0.1) is 11.3 Å². The molecule has 1 N–H and O–H groups in total. The van der Waals surface area contributed by atoms with Crippen LogP contribution in [0.25, 0.3) is 0 Å². The number of hydrogen-bond donors (Lipinski definition) is 1. The molecule has 0 unspecified atom stereocenters. The van der Waals surface area contributed by atoms with Gasteiger partial charge in [-0.25, -0.2) is 4.98 Å². The first-order valence-corrected chi connectivity index (χ1v) is 7.72. The van der Waals surface area contributed by atoms with Gasteiger partial charge in [0.25, 0.3) is 5.91 Å². The highest BCUT2D eigenvalue weighted by molar-refractivity contribution is 7.13. The fourth-order valence-electron chi connectivity index (χ4n) is 1.98. The number of nitrogens with zero attached hydrogens (tertiary/aromatic N) is 1. The van der Waals surface area contributed by atoms with Crippen LogP contribution in [0.4, 0.5) is 0 Å². The Morgan fingerprint density at radius 1 is 1.38 bits per heavy atom. The number of benzene rings is 1. The zero-order valence-corrected chi connectivity index (χ0v) is 13.6. The molecule has 0 bridgehead atoms. The van der Waals surface area contributed by atoms with Crippen molar-refractivity contribution in [2.24, 2.45) is 0 Å². The number of rotatable bonds is 5. The number of amides is 1. The maximum absolute atomic E-state index is 12.3. The van der Waals surface area contributed by atoms with E-state index in [1.807, 2.05) is 31.2 Å². The van der Waals surface area contributed by atoms with Gasteiger partial charge in [-0.2, -0.15) is 0 Å². The predicted octanol–water partition coefficient (Wildman–Crippen LogP) is 3.51. The van der Waals surface area contributed by atoms with E-state index in [0.29, 0.717) is 17.3 Å². The molecule has 0 saturated carbocycles. The second kappa shape index (κ2) is 6.72. The molecule has 5 heteroatoms. The van der Waals surface area contributed by atoms with Crippen LogP contribution in [0, 0.1) is 6.92 Å². The van der Waals surface area contributed by atoms with Crippen molar-refractivity contribution in [1.82, 2.24) is 10.3 Å². The van der Waals surface area contributed by atoms with Crippen LogP contribution in [-0.2, 0) is 6.54 Å². The number of thiazole rings is 1. The Hall–Kier alpha value is -1.88. The van der Waals surface area contributed by atoms with Gasteiger partial charge in [0.05, 0.1) is 17.8 Å². The Kier molecular flexibility index (Phi) is 4.96. The Morgan fingerprint density at radius 3 is 2.71 bits per heavy atom. The van der Waals surface area contributed by atoms with Gasteiger partial charge in [-0.05, 0) is 13.0 Å². The molecule has 0 aliphatic carbocycles. The second-order valence-corrected chi connectivity index (χ2v) is 6.15. The van der Waals surface area contributed by atoms with Crippen molar-refractivity contribution in [2.75, 3.05) is 7.11 Å². The SMILES string of the molecule is COc1ccccc1CNC(=O)c1sc(C(C)C)nc1C. The molecule has 1 amide bonds. The summed E-state index contributed by atoms with van der Waals surface area (Å²) in [5.74, 6) is 1.04. The molecular weight excluding hydrogens is 284 g/mol. The lowest BCUT2D eigenvalue weighted by molar-refractivity contribution is 0.0954. The molecule has 0 fully saturated rings. The molecule has 0 aliphatic heterocycles. The van der Waals surface area contributed by atoms with E-state index in [9.17, 15) is 4.79 Å². The van der Waals surface area contributed by atoms with E-state index in [4.69, 9.17) is 4.74 Å². The van der Waals surface area contributed by atoms with Crippen molar-refractivity contribution < 1.29 is 9.53 Å². The number of methoxy groups -OCH3 is 1. The van der Waals surface area contributed by atoms with E-state index in [0.717, 1.165) is 22.0 Å². The fourth-order valence-corrected chi connectivity index (χ4v) is 2.97. The molecule has 2 rings (SSSR count). The quantitative estimate of drug-likeness (QED) is 0.919. The van der Waals surface area contributed by atoms with Gasteiger partial charge in [-0.3, -0.25) is 4.79 Å². The Balaban J connectivity index is 2.08. The summed E-state index contributed by atoms with van der Waals surface area (Å²) in [7, 11) is 1.63. The molecule has 1 aromatic heterocycles. The first kappa shape index (κ1) is 15.5. The summed E-state index contributed by atoms with van der Waals surface area (Å²) in [6.45, 7) is 6.47. The zero-order valence-electron chi connectivity index (χ0n) is 12.8. The second-order valence-electron chi connectivity index (χ2n) is 5.12. The number of hydrogen-bond acceptors (Lipinski definition) is 4. The molecule has 21 heavy (non-hydrogen) atoms. The number of carbonyl (C=O) groups is 1. The van der Waals surface area contributed by atoms with E-state index >= 15 is 0 Å². The average Bonchev–Trinajstić information content (AvgIpc) is 2.87. The summed E-state index contributed by atoms with van der Waals surface area (Å²) in [6, 6.07) is 7.67. The molecule has 4 nitrogen and oxygen atoms in total. The molecule has 0 saturated heterocycles. The number of aryl methyl sites for hydroxylation is 1. The summed E-state index contributed by atoms with van der Waals surface area (Å²) in [4.78, 5) is 17.4. The number of nitrogens with one attached hydrogen (secondary N) is 1. The van der Waals surface area contributed by atoms with Crippen LogP contribution in [0.3, 0.4) is 0 Å². The smallest absolute Gasteiger partial charge is 0.263 e. The largest absolute Gasteiger partial charge is 0.496 e. The average molecular weight is 304 g/mol. The zero-order chi connectivity index (χ0) is 15.4. The summed E-state index contributed by atoms with van der Waals surface area (Å²) in [5, 5.41) is 3.93. The topological polar surface area (TPSA) is 51.2 Å². The van der Waals surface area contributed by atoms with Crippen molar-refractivity contribution in [3.63, 3.8) is 0 Å². The van der Waals surface area contributed by atoms with Crippen LogP contribution in [0.2, 0.25) is 0 Å². The molecule has 0 spiro atoms. The monoisotopic (exact) mass is 304 g/mol. The molecule has 1 heterocycles. The van der Waals surface area contributed by atoms with Crippen LogP contribution in [-0.4, -0.2) is 18.0 Å². The van der Waals surface area contributed by atoms with Crippen LogP contribution < -0.4 is 10.1 Å².